The Labute approximate surface area is 305 Å². The number of thioether (sulfide) groups is 1. The van der Waals surface area contributed by atoms with Crippen molar-refractivity contribution >= 4 is 11.8 Å². The highest BCUT2D eigenvalue weighted by atomic mass is 32.2. The zero-order chi connectivity index (χ0) is 36.8. The van der Waals surface area contributed by atoms with Crippen molar-refractivity contribution in [1.29, 1.82) is 0 Å². The zero-order valence-corrected chi connectivity index (χ0v) is 34.7. The van der Waals surface area contributed by atoms with Crippen molar-refractivity contribution in [2.45, 2.75) is 192 Å². The van der Waals surface area contributed by atoms with Gasteiger partial charge in [0.15, 0.2) is 0 Å². The first-order chi connectivity index (χ1) is 22.3. The van der Waals surface area contributed by atoms with E-state index in [9.17, 15) is 10.2 Å². The van der Waals surface area contributed by atoms with E-state index in [1.165, 1.54) is 36.8 Å². The highest BCUT2D eigenvalue weighted by Gasteiger charge is 2.42. The molecule has 0 radical (unpaired) electrons. The molecule has 2 aliphatic rings. The van der Waals surface area contributed by atoms with Crippen molar-refractivity contribution in [3.63, 3.8) is 0 Å². The van der Waals surface area contributed by atoms with E-state index in [1.54, 1.807) is 11.1 Å². The molecule has 2 aromatic carbocycles. The minimum absolute atomic E-state index is 0.120. The van der Waals surface area contributed by atoms with Gasteiger partial charge >= 0.3 is 0 Å². The fraction of sp³-hybridized carbons (Fsp3) is 0.652. The van der Waals surface area contributed by atoms with Crippen LogP contribution in [0.15, 0.2) is 47.6 Å². The third-order valence-electron chi connectivity index (χ3n) is 11.0. The highest BCUT2D eigenvalue weighted by Crippen LogP contribution is 2.53. The van der Waals surface area contributed by atoms with Crippen LogP contribution in [0.5, 0.6) is 11.5 Å². The van der Waals surface area contributed by atoms with Gasteiger partial charge in [-0.1, -0.05) is 131 Å². The molecule has 0 saturated heterocycles. The van der Waals surface area contributed by atoms with Crippen molar-refractivity contribution in [2.75, 3.05) is 0 Å². The van der Waals surface area contributed by atoms with Crippen molar-refractivity contribution in [1.82, 2.24) is 0 Å². The summed E-state index contributed by atoms with van der Waals surface area (Å²) < 4.78 is -0.239. The van der Waals surface area contributed by atoms with Crippen LogP contribution in [0.2, 0.25) is 0 Å². The topological polar surface area (TPSA) is 40.5 Å². The Morgan fingerprint density at radius 1 is 0.469 bits per heavy atom. The molecule has 0 saturated carbocycles. The monoisotopic (exact) mass is 687 g/mol. The third-order valence-corrected chi connectivity index (χ3v) is 12.8. The van der Waals surface area contributed by atoms with Gasteiger partial charge in [0.25, 0.3) is 0 Å². The van der Waals surface area contributed by atoms with E-state index in [1.807, 2.05) is 0 Å². The van der Waals surface area contributed by atoms with Gasteiger partial charge in [-0.15, -0.1) is 11.8 Å². The van der Waals surface area contributed by atoms with Crippen LogP contribution < -0.4 is 0 Å². The summed E-state index contributed by atoms with van der Waals surface area (Å²) in [7, 11) is 0. The molecule has 4 rings (SSSR count). The molecular weight excluding hydrogens is 617 g/mol. The first-order valence-corrected chi connectivity index (χ1v) is 20.0. The van der Waals surface area contributed by atoms with Gasteiger partial charge in [-0.05, 0) is 133 Å². The summed E-state index contributed by atoms with van der Waals surface area (Å²) in [5.74, 6) is 0.924. The highest BCUT2D eigenvalue weighted by molar-refractivity contribution is 8.02. The minimum Gasteiger partial charge on any atom is -0.507 e. The summed E-state index contributed by atoms with van der Waals surface area (Å²) in [6, 6.07) is 9.26. The van der Waals surface area contributed by atoms with Gasteiger partial charge in [0.2, 0.25) is 0 Å². The average molecular weight is 687 g/mol. The Balaban J connectivity index is 1.91. The number of phenolic OH excluding ortho intramolecular Hbond substituents is 2. The number of hydrogen-bond acceptors (Lipinski definition) is 3. The summed E-state index contributed by atoms with van der Waals surface area (Å²) in [4.78, 5) is 0. The Morgan fingerprint density at radius 3 is 0.980 bits per heavy atom. The van der Waals surface area contributed by atoms with Gasteiger partial charge in [-0.3, -0.25) is 0 Å². The maximum absolute atomic E-state index is 11.6. The van der Waals surface area contributed by atoms with Gasteiger partial charge in [0, 0.05) is 9.49 Å². The zero-order valence-electron chi connectivity index (χ0n) is 33.8. The lowest BCUT2D eigenvalue weighted by Gasteiger charge is -2.44. The fourth-order valence-corrected chi connectivity index (χ4v) is 10.3. The SMILES string of the molecule is CC(Cc1cc(C(C)(C)C)c(O)c(C(C)(C)C)c1)(SC(C)(Cc1cc(C(C)(C)C)c(O)c(C(C)(C)C)c1)C1=CCCCC1)C1=CCCCC1. The van der Waals surface area contributed by atoms with Gasteiger partial charge in [0.05, 0.1) is 0 Å². The second-order valence-corrected chi connectivity index (χ2v) is 22.0. The summed E-state index contributed by atoms with van der Waals surface area (Å²) in [6.07, 6.45) is 16.6. The summed E-state index contributed by atoms with van der Waals surface area (Å²) in [6.45, 7) is 31.7. The summed E-state index contributed by atoms with van der Waals surface area (Å²) >= 11 is 2.20. The van der Waals surface area contributed by atoms with E-state index in [0.717, 1.165) is 60.8 Å². The average Bonchev–Trinajstić information content (AvgIpc) is 2.97. The summed E-state index contributed by atoms with van der Waals surface area (Å²) in [5.41, 5.74) is 9.36. The largest absolute Gasteiger partial charge is 0.507 e. The molecule has 49 heavy (non-hydrogen) atoms. The first kappa shape index (κ1) is 39.7. The number of allylic oxidation sites excluding steroid dienone is 2. The van der Waals surface area contributed by atoms with Crippen LogP contribution >= 0.6 is 11.8 Å². The van der Waals surface area contributed by atoms with Crippen LogP contribution in [0.4, 0.5) is 0 Å². The predicted octanol–water partition coefficient (Wildman–Crippen LogP) is 13.3. The first-order valence-electron chi connectivity index (χ1n) is 19.2. The quantitative estimate of drug-likeness (QED) is 0.272. The predicted molar refractivity (Wildman–Crippen MR) is 216 cm³/mol. The number of aromatic hydroxyl groups is 2. The summed E-state index contributed by atoms with van der Waals surface area (Å²) in [5, 5.41) is 23.2. The maximum Gasteiger partial charge on any atom is 0.123 e. The Kier molecular flexibility index (Phi) is 11.4. The third kappa shape index (κ3) is 9.22. The molecule has 3 heteroatoms. The lowest BCUT2D eigenvalue weighted by Crippen LogP contribution is -2.38. The molecule has 2 atom stereocenters. The molecule has 0 fully saturated rings. The molecule has 2 aromatic rings. The molecule has 0 aliphatic heterocycles. The number of phenols is 2. The molecule has 2 nitrogen and oxygen atoms in total. The fourth-order valence-electron chi connectivity index (χ4n) is 8.22. The molecule has 0 aromatic heterocycles. The van der Waals surface area contributed by atoms with Crippen LogP contribution in [0, 0.1) is 0 Å². The second kappa shape index (κ2) is 14.1. The van der Waals surface area contributed by atoms with Gasteiger partial charge in [-0.25, -0.2) is 0 Å². The van der Waals surface area contributed by atoms with Gasteiger partial charge in [-0.2, -0.15) is 0 Å². The van der Waals surface area contributed by atoms with E-state index < -0.39 is 0 Å². The number of hydrogen-bond donors (Lipinski definition) is 2. The molecule has 0 amide bonds. The van der Waals surface area contributed by atoms with E-state index in [-0.39, 0.29) is 31.2 Å². The molecule has 272 valence electrons. The molecule has 2 aliphatic carbocycles. The van der Waals surface area contributed by atoms with Crippen molar-refractivity contribution in [3.05, 3.63) is 80.9 Å². The van der Waals surface area contributed by atoms with Crippen molar-refractivity contribution in [2.24, 2.45) is 0 Å². The molecule has 0 heterocycles. The van der Waals surface area contributed by atoms with E-state index >= 15 is 0 Å². The maximum atomic E-state index is 11.6. The lowest BCUT2D eigenvalue weighted by atomic mass is 9.76. The van der Waals surface area contributed by atoms with Gasteiger partial charge < -0.3 is 10.2 Å². The Bertz CT molecular complexity index is 1370. The molecule has 2 N–H and O–H groups in total. The van der Waals surface area contributed by atoms with Crippen molar-refractivity contribution in [3.8, 4) is 11.5 Å². The normalized spacial score (nSPS) is 19.1. The number of benzene rings is 2. The van der Waals surface area contributed by atoms with Crippen LogP contribution in [-0.4, -0.2) is 19.7 Å². The standard InChI is InChI=1S/C46H70O2S/c1-41(2,3)35-25-31(26-36(39(35)47)42(4,5)6)29-45(13,33-21-17-15-18-22-33)49-46(14,34-23-19-16-20-24-34)30-32-27-37(43(7,8)9)40(48)38(28-32)44(10,11)12/h21,23,25-28,47-48H,15-20,22,24,29-30H2,1-14H3. The van der Waals surface area contributed by atoms with Crippen LogP contribution in [-0.2, 0) is 34.5 Å². The molecule has 0 bridgehead atoms. The van der Waals surface area contributed by atoms with Crippen LogP contribution in [0.25, 0.3) is 0 Å². The molecular formula is C46H70O2S. The Hall–Kier alpha value is -2.13. The van der Waals surface area contributed by atoms with E-state index in [2.05, 4.69) is 145 Å². The van der Waals surface area contributed by atoms with E-state index in [4.69, 9.17) is 0 Å². The van der Waals surface area contributed by atoms with Gasteiger partial charge in [0.1, 0.15) is 11.5 Å². The number of rotatable bonds is 8. The van der Waals surface area contributed by atoms with Crippen LogP contribution in [0.1, 0.15) is 182 Å². The smallest absolute Gasteiger partial charge is 0.123 e. The second-order valence-electron chi connectivity index (χ2n) is 19.9. The lowest BCUT2D eigenvalue weighted by molar-refractivity contribution is 0.421. The van der Waals surface area contributed by atoms with Crippen molar-refractivity contribution < 1.29 is 10.2 Å². The minimum atomic E-state index is -0.163. The molecule has 2 unspecified atom stereocenters. The Morgan fingerprint density at radius 2 is 0.755 bits per heavy atom. The van der Waals surface area contributed by atoms with E-state index in [0.29, 0.717) is 11.5 Å². The van der Waals surface area contributed by atoms with Crippen LogP contribution in [0.3, 0.4) is 0 Å². The molecule has 0 spiro atoms.